The third kappa shape index (κ3) is 7.62. The zero-order chi connectivity index (χ0) is 30.3. The van der Waals surface area contributed by atoms with Crippen LogP contribution in [0.5, 0.6) is 23.0 Å². The highest BCUT2D eigenvalue weighted by atomic mass is 35.5. The number of hydrogen-bond acceptors (Lipinski definition) is 8. The number of anilines is 1. The lowest BCUT2D eigenvalue weighted by atomic mass is 9.99. The molecule has 1 atom stereocenters. The van der Waals surface area contributed by atoms with Gasteiger partial charge in [-0.05, 0) is 68.1 Å². The molecular weight excluding hydrogens is 570 g/mol. The molecule has 1 heterocycles. The van der Waals surface area contributed by atoms with Crippen LogP contribution in [-0.2, 0) is 9.59 Å². The number of hydrogen-bond donors (Lipinski definition) is 2. The minimum Gasteiger partial charge on any atom is -0.495 e. The van der Waals surface area contributed by atoms with E-state index in [1.807, 2.05) is 20.8 Å². The third-order valence-corrected chi connectivity index (χ3v) is 7.00. The Labute approximate surface area is 248 Å². The van der Waals surface area contributed by atoms with Crippen molar-refractivity contribution < 1.29 is 33.3 Å². The van der Waals surface area contributed by atoms with Crippen molar-refractivity contribution in [2.45, 2.75) is 32.4 Å². The molecule has 0 spiro atoms. The van der Waals surface area contributed by atoms with Gasteiger partial charge in [-0.3, -0.25) is 19.3 Å². The molecule has 3 aromatic rings. The van der Waals surface area contributed by atoms with Gasteiger partial charge in [0, 0.05) is 11.2 Å². The van der Waals surface area contributed by atoms with Gasteiger partial charge in [-0.2, -0.15) is 0 Å². The predicted molar refractivity (Wildman–Crippen MR) is 159 cm³/mol. The summed E-state index contributed by atoms with van der Waals surface area (Å²) in [6.07, 6.45) is 0. The monoisotopic (exact) mass is 603 g/mol. The lowest BCUT2D eigenvalue weighted by molar-refractivity contribution is -0.127. The summed E-state index contributed by atoms with van der Waals surface area (Å²) in [6.45, 7) is 5.09. The Morgan fingerprint density at radius 3 is 2.05 bits per heavy atom. The summed E-state index contributed by atoms with van der Waals surface area (Å²) in [6, 6.07) is 10.1. The first-order chi connectivity index (χ1) is 19.4. The normalized spacial score (nSPS) is 11.7. The molecular formula is C29H34ClN3O7S. The van der Waals surface area contributed by atoms with E-state index in [9.17, 15) is 14.4 Å². The molecule has 12 heteroatoms. The standard InChI is InChI=1S/C29H34ClN3O7S/c1-29(2,3)32-28(36)25(17-13-21(38-5)26(40-7)22(14-17)39-6)33(18-10-11-20(37-4)19(30)15-18)24(34)16-31-27(35)23-9-8-12-41-23/h8-15,25H,16H2,1-7H3,(H,31,35)(H,32,36). The summed E-state index contributed by atoms with van der Waals surface area (Å²) < 4.78 is 21.8. The van der Waals surface area contributed by atoms with Gasteiger partial charge in [0.25, 0.3) is 5.91 Å². The van der Waals surface area contributed by atoms with Crippen molar-refractivity contribution in [1.29, 1.82) is 0 Å². The summed E-state index contributed by atoms with van der Waals surface area (Å²) in [4.78, 5) is 42.4. The van der Waals surface area contributed by atoms with E-state index in [0.717, 1.165) is 0 Å². The van der Waals surface area contributed by atoms with E-state index in [4.69, 9.17) is 30.5 Å². The summed E-state index contributed by atoms with van der Waals surface area (Å²) in [5.74, 6) is -0.178. The largest absolute Gasteiger partial charge is 0.495 e. The maximum atomic E-state index is 14.0. The minimum absolute atomic E-state index is 0.227. The van der Waals surface area contributed by atoms with Crippen molar-refractivity contribution in [1.82, 2.24) is 10.6 Å². The number of methoxy groups -OCH3 is 4. The number of benzene rings is 2. The van der Waals surface area contributed by atoms with Gasteiger partial charge in [0.2, 0.25) is 17.6 Å². The number of nitrogens with one attached hydrogen (secondary N) is 2. The maximum absolute atomic E-state index is 14.0. The summed E-state index contributed by atoms with van der Waals surface area (Å²) >= 11 is 7.70. The Morgan fingerprint density at radius 1 is 0.927 bits per heavy atom. The molecule has 3 amide bonds. The highest BCUT2D eigenvalue weighted by Crippen LogP contribution is 2.42. The number of ether oxygens (including phenoxy) is 4. The van der Waals surface area contributed by atoms with Gasteiger partial charge < -0.3 is 29.6 Å². The van der Waals surface area contributed by atoms with Gasteiger partial charge in [-0.1, -0.05) is 17.7 Å². The minimum atomic E-state index is -1.24. The number of amides is 3. The Morgan fingerprint density at radius 2 is 1.56 bits per heavy atom. The SMILES string of the molecule is COc1ccc(N(C(=O)CNC(=O)c2cccs2)C(C(=O)NC(C)(C)C)c2cc(OC)c(OC)c(OC)c2)cc1Cl. The van der Waals surface area contributed by atoms with Crippen LogP contribution >= 0.6 is 22.9 Å². The predicted octanol–water partition coefficient (Wildman–Crippen LogP) is 4.85. The second kappa shape index (κ2) is 13.6. The Bertz CT molecular complexity index is 1360. The van der Waals surface area contributed by atoms with E-state index >= 15 is 0 Å². The highest BCUT2D eigenvalue weighted by Gasteiger charge is 2.36. The number of carbonyl (C=O) groups excluding carboxylic acids is 3. The molecule has 0 saturated heterocycles. The van der Waals surface area contributed by atoms with Crippen LogP contribution in [0.4, 0.5) is 5.69 Å². The molecule has 2 aromatic carbocycles. The van der Waals surface area contributed by atoms with Crippen LogP contribution in [0.2, 0.25) is 5.02 Å². The summed E-state index contributed by atoms with van der Waals surface area (Å²) in [7, 11) is 5.85. The van der Waals surface area contributed by atoms with Gasteiger partial charge in [-0.15, -0.1) is 11.3 Å². The Balaban J connectivity index is 2.20. The first-order valence-corrected chi connectivity index (χ1v) is 13.8. The molecule has 220 valence electrons. The van der Waals surface area contributed by atoms with Crippen LogP contribution in [0, 0.1) is 0 Å². The average Bonchev–Trinajstić information content (AvgIpc) is 3.47. The second-order valence-corrected chi connectivity index (χ2v) is 11.2. The van der Waals surface area contributed by atoms with E-state index in [1.54, 1.807) is 41.8 Å². The van der Waals surface area contributed by atoms with E-state index in [-0.39, 0.29) is 5.02 Å². The van der Waals surface area contributed by atoms with Crippen LogP contribution in [0.15, 0.2) is 47.8 Å². The second-order valence-electron chi connectivity index (χ2n) is 9.84. The number of carbonyl (C=O) groups is 3. The van der Waals surface area contributed by atoms with Crippen molar-refractivity contribution in [2.75, 3.05) is 39.9 Å². The van der Waals surface area contributed by atoms with Crippen LogP contribution in [0.1, 0.15) is 42.0 Å². The van der Waals surface area contributed by atoms with Gasteiger partial charge in [-0.25, -0.2) is 0 Å². The van der Waals surface area contributed by atoms with Crippen molar-refractivity contribution in [3.05, 3.63) is 63.3 Å². The molecule has 0 aliphatic carbocycles. The van der Waals surface area contributed by atoms with Crippen LogP contribution in [0.25, 0.3) is 0 Å². The molecule has 1 unspecified atom stereocenters. The fourth-order valence-corrected chi connectivity index (χ4v) is 4.99. The Kier molecular flexibility index (Phi) is 10.5. The number of rotatable bonds is 11. The molecule has 0 aliphatic rings. The lowest BCUT2D eigenvalue weighted by Crippen LogP contribution is -2.51. The smallest absolute Gasteiger partial charge is 0.261 e. The summed E-state index contributed by atoms with van der Waals surface area (Å²) in [5, 5.41) is 7.60. The van der Waals surface area contributed by atoms with Crippen molar-refractivity contribution in [3.8, 4) is 23.0 Å². The molecule has 41 heavy (non-hydrogen) atoms. The summed E-state index contributed by atoms with van der Waals surface area (Å²) in [5.41, 5.74) is 0.0235. The van der Waals surface area contributed by atoms with Crippen molar-refractivity contribution in [2.24, 2.45) is 0 Å². The number of halogens is 1. The van der Waals surface area contributed by atoms with Gasteiger partial charge >= 0.3 is 0 Å². The highest BCUT2D eigenvalue weighted by molar-refractivity contribution is 7.12. The van der Waals surface area contributed by atoms with Crippen molar-refractivity contribution in [3.63, 3.8) is 0 Å². The van der Waals surface area contributed by atoms with Crippen LogP contribution < -0.4 is 34.5 Å². The quantitative estimate of drug-likeness (QED) is 0.322. The molecule has 0 radical (unpaired) electrons. The van der Waals surface area contributed by atoms with Gasteiger partial charge in [0.05, 0.1) is 44.9 Å². The molecule has 2 N–H and O–H groups in total. The molecule has 0 fully saturated rings. The fourth-order valence-electron chi connectivity index (χ4n) is 4.09. The molecule has 0 bridgehead atoms. The van der Waals surface area contributed by atoms with E-state index in [2.05, 4.69) is 10.6 Å². The van der Waals surface area contributed by atoms with E-state index < -0.39 is 35.8 Å². The first kappa shape index (κ1) is 31.6. The zero-order valence-electron chi connectivity index (χ0n) is 24.0. The molecule has 1 aromatic heterocycles. The Hall–Kier alpha value is -3.96. The fraction of sp³-hybridized carbons (Fsp3) is 0.345. The van der Waals surface area contributed by atoms with Gasteiger partial charge in [0.15, 0.2) is 11.5 Å². The average molecular weight is 604 g/mol. The van der Waals surface area contributed by atoms with Crippen molar-refractivity contribution >= 4 is 46.3 Å². The molecule has 10 nitrogen and oxygen atoms in total. The topological polar surface area (TPSA) is 115 Å². The molecule has 0 aliphatic heterocycles. The van der Waals surface area contributed by atoms with Crippen LogP contribution in [-0.4, -0.2) is 58.2 Å². The number of thiophene rings is 1. The lowest BCUT2D eigenvalue weighted by Gasteiger charge is -2.34. The van der Waals surface area contributed by atoms with Crippen LogP contribution in [0.3, 0.4) is 0 Å². The third-order valence-electron chi connectivity index (χ3n) is 5.83. The number of nitrogens with zero attached hydrogens (tertiary/aromatic N) is 1. The molecule has 0 saturated carbocycles. The molecule has 3 rings (SSSR count). The first-order valence-electron chi connectivity index (χ1n) is 12.5. The van der Waals surface area contributed by atoms with E-state index in [1.165, 1.54) is 50.7 Å². The maximum Gasteiger partial charge on any atom is 0.261 e. The van der Waals surface area contributed by atoms with E-state index in [0.29, 0.717) is 39.1 Å². The zero-order valence-corrected chi connectivity index (χ0v) is 25.6. The van der Waals surface area contributed by atoms with Gasteiger partial charge in [0.1, 0.15) is 11.8 Å².